The molecule has 0 amide bonds. The van der Waals surface area contributed by atoms with E-state index in [0.29, 0.717) is 0 Å². The molecule has 0 fully saturated rings. The number of para-hydroxylation sites is 1. The van der Waals surface area contributed by atoms with Crippen LogP contribution in [-0.4, -0.2) is 0 Å². The fourth-order valence-corrected chi connectivity index (χ4v) is 1.89. The molecule has 0 saturated carbocycles. The number of nitrogens with zero attached hydrogens (tertiary/aromatic N) is 2. The maximum absolute atomic E-state index is 4.21. The van der Waals surface area contributed by atoms with E-state index in [9.17, 15) is 0 Å². The summed E-state index contributed by atoms with van der Waals surface area (Å²) in [5.74, 6) is 0. The van der Waals surface area contributed by atoms with Gasteiger partial charge >= 0.3 is 0 Å². The maximum atomic E-state index is 4.21. The standard InChI is InChI=1S/C18H16N4/c1-3-7-15(8-4-1)19-21-17-11-13-18(14-12-17)22-20-16-9-5-2-6-10-16/h1-14,19,21H. The van der Waals surface area contributed by atoms with Gasteiger partial charge in [-0.3, -0.25) is 0 Å². The smallest absolute Gasteiger partial charge is 0.0858 e. The van der Waals surface area contributed by atoms with Gasteiger partial charge in [0.1, 0.15) is 0 Å². The summed E-state index contributed by atoms with van der Waals surface area (Å²) < 4.78 is 0. The highest BCUT2D eigenvalue weighted by molar-refractivity contribution is 5.55. The highest BCUT2D eigenvalue weighted by Gasteiger charge is 1.94. The van der Waals surface area contributed by atoms with Crippen LogP contribution in [-0.2, 0) is 0 Å². The van der Waals surface area contributed by atoms with Crippen molar-refractivity contribution in [1.82, 2.24) is 0 Å². The van der Waals surface area contributed by atoms with Crippen LogP contribution < -0.4 is 10.9 Å². The summed E-state index contributed by atoms with van der Waals surface area (Å²) in [7, 11) is 0. The van der Waals surface area contributed by atoms with E-state index >= 15 is 0 Å². The van der Waals surface area contributed by atoms with Crippen molar-refractivity contribution in [3.05, 3.63) is 84.9 Å². The van der Waals surface area contributed by atoms with Crippen LogP contribution in [0.15, 0.2) is 95.2 Å². The average molecular weight is 288 g/mol. The number of hydrogen-bond donors (Lipinski definition) is 2. The van der Waals surface area contributed by atoms with E-state index in [1.54, 1.807) is 0 Å². The molecule has 4 nitrogen and oxygen atoms in total. The summed E-state index contributed by atoms with van der Waals surface area (Å²) in [5, 5.41) is 8.40. The Balaban J connectivity index is 1.59. The van der Waals surface area contributed by atoms with Crippen molar-refractivity contribution < 1.29 is 0 Å². The van der Waals surface area contributed by atoms with Crippen molar-refractivity contribution in [2.24, 2.45) is 10.2 Å². The molecule has 0 aliphatic heterocycles. The molecule has 4 heteroatoms. The number of benzene rings is 3. The van der Waals surface area contributed by atoms with Gasteiger partial charge in [-0.2, -0.15) is 10.2 Å². The van der Waals surface area contributed by atoms with Gasteiger partial charge in [0.15, 0.2) is 0 Å². The first-order valence-corrected chi connectivity index (χ1v) is 7.04. The van der Waals surface area contributed by atoms with Crippen LogP contribution in [0.2, 0.25) is 0 Å². The Hall–Kier alpha value is -3.14. The summed E-state index contributed by atoms with van der Waals surface area (Å²) in [5.41, 5.74) is 9.90. The minimum Gasteiger partial charge on any atom is -0.301 e. The highest BCUT2D eigenvalue weighted by atomic mass is 15.4. The summed E-state index contributed by atoms with van der Waals surface area (Å²) in [6.07, 6.45) is 0. The fourth-order valence-electron chi connectivity index (χ4n) is 1.89. The molecule has 0 heterocycles. The minimum absolute atomic E-state index is 0.814. The molecule has 3 aromatic rings. The first-order valence-electron chi connectivity index (χ1n) is 7.04. The van der Waals surface area contributed by atoms with Crippen molar-refractivity contribution in [3.63, 3.8) is 0 Å². The van der Waals surface area contributed by atoms with E-state index in [4.69, 9.17) is 0 Å². The maximum Gasteiger partial charge on any atom is 0.0858 e. The average Bonchev–Trinajstić information content (AvgIpc) is 2.61. The normalized spacial score (nSPS) is 10.5. The Morgan fingerprint density at radius 1 is 0.455 bits per heavy atom. The molecule has 0 atom stereocenters. The Kier molecular flexibility index (Phi) is 4.42. The van der Waals surface area contributed by atoms with Gasteiger partial charge in [-0.15, -0.1) is 0 Å². The lowest BCUT2D eigenvalue weighted by molar-refractivity contribution is 1.23. The molecule has 0 unspecified atom stereocenters. The van der Waals surface area contributed by atoms with Crippen LogP contribution >= 0.6 is 0 Å². The molecule has 0 bridgehead atoms. The molecule has 0 aliphatic carbocycles. The summed E-state index contributed by atoms with van der Waals surface area (Å²) in [4.78, 5) is 0. The molecule has 0 aromatic heterocycles. The number of anilines is 2. The molecule has 108 valence electrons. The molecule has 0 spiro atoms. The number of hydrazine groups is 1. The van der Waals surface area contributed by atoms with Gasteiger partial charge < -0.3 is 10.9 Å². The zero-order valence-electron chi connectivity index (χ0n) is 12.0. The summed E-state index contributed by atoms with van der Waals surface area (Å²) >= 11 is 0. The SMILES string of the molecule is c1ccc(N=Nc2ccc(NNc3ccccc3)cc2)cc1. The van der Waals surface area contributed by atoms with Crippen LogP contribution in [0.1, 0.15) is 0 Å². The third kappa shape index (κ3) is 3.93. The number of rotatable bonds is 5. The lowest BCUT2D eigenvalue weighted by Gasteiger charge is -2.09. The van der Waals surface area contributed by atoms with E-state index in [1.165, 1.54) is 0 Å². The molecule has 0 saturated heterocycles. The van der Waals surface area contributed by atoms with Crippen LogP contribution in [0.4, 0.5) is 22.7 Å². The Bertz CT molecular complexity index is 722. The predicted molar refractivity (Wildman–Crippen MR) is 90.7 cm³/mol. The summed E-state index contributed by atoms with van der Waals surface area (Å²) in [6.45, 7) is 0. The van der Waals surface area contributed by atoms with Crippen molar-refractivity contribution >= 4 is 22.7 Å². The van der Waals surface area contributed by atoms with Gasteiger partial charge in [-0.05, 0) is 48.5 Å². The second-order valence-electron chi connectivity index (χ2n) is 4.70. The van der Waals surface area contributed by atoms with Gasteiger partial charge in [0.2, 0.25) is 0 Å². The second kappa shape index (κ2) is 7.04. The lowest BCUT2D eigenvalue weighted by atomic mass is 10.3. The largest absolute Gasteiger partial charge is 0.301 e. The lowest BCUT2D eigenvalue weighted by Crippen LogP contribution is -2.07. The predicted octanol–water partition coefficient (Wildman–Crippen LogP) is 5.54. The van der Waals surface area contributed by atoms with Crippen molar-refractivity contribution in [1.29, 1.82) is 0 Å². The van der Waals surface area contributed by atoms with Crippen molar-refractivity contribution in [2.75, 3.05) is 10.9 Å². The number of hydrogen-bond acceptors (Lipinski definition) is 4. The van der Waals surface area contributed by atoms with Gasteiger partial charge in [-0.1, -0.05) is 36.4 Å². The van der Waals surface area contributed by atoms with Gasteiger partial charge in [0.25, 0.3) is 0 Å². The third-order valence-corrected chi connectivity index (χ3v) is 3.03. The van der Waals surface area contributed by atoms with E-state index in [2.05, 4.69) is 21.1 Å². The molecule has 2 N–H and O–H groups in total. The van der Waals surface area contributed by atoms with Crippen molar-refractivity contribution in [2.45, 2.75) is 0 Å². The Labute approximate surface area is 129 Å². The topological polar surface area (TPSA) is 48.8 Å². The monoisotopic (exact) mass is 288 g/mol. The van der Waals surface area contributed by atoms with Crippen LogP contribution in [0.3, 0.4) is 0 Å². The van der Waals surface area contributed by atoms with Crippen LogP contribution in [0, 0.1) is 0 Å². The zero-order valence-corrected chi connectivity index (χ0v) is 12.0. The highest BCUT2D eigenvalue weighted by Crippen LogP contribution is 2.20. The number of azo groups is 1. The van der Waals surface area contributed by atoms with E-state index in [1.807, 2.05) is 84.9 Å². The number of nitrogens with one attached hydrogen (secondary N) is 2. The fraction of sp³-hybridized carbons (Fsp3) is 0. The quantitative estimate of drug-likeness (QED) is 0.478. The molecule has 3 rings (SSSR count). The first-order chi connectivity index (χ1) is 10.9. The Morgan fingerprint density at radius 3 is 1.50 bits per heavy atom. The zero-order chi connectivity index (χ0) is 15.0. The van der Waals surface area contributed by atoms with E-state index < -0.39 is 0 Å². The van der Waals surface area contributed by atoms with Crippen LogP contribution in [0.25, 0.3) is 0 Å². The molecule has 3 aromatic carbocycles. The van der Waals surface area contributed by atoms with Crippen molar-refractivity contribution in [3.8, 4) is 0 Å². The third-order valence-electron chi connectivity index (χ3n) is 3.03. The van der Waals surface area contributed by atoms with Gasteiger partial charge in [-0.25, -0.2) is 0 Å². The molecular weight excluding hydrogens is 272 g/mol. The van der Waals surface area contributed by atoms with E-state index in [-0.39, 0.29) is 0 Å². The van der Waals surface area contributed by atoms with E-state index in [0.717, 1.165) is 22.7 Å². The molecule has 0 aliphatic rings. The van der Waals surface area contributed by atoms with Gasteiger partial charge in [0.05, 0.1) is 22.7 Å². The van der Waals surface area contributed by atoms with Gasteiger partial charge in [0, 0.05) is 0 Å². The molecule has 22 heavy (non-hydrogen) atoms. The Morgan fingerprint density at radius 2 is 0.909 bits per heavy atom. The molecular formula is C18H16N4. The minimum atomic E-state index is 0.814. The summed E-state index contributed by atoms with van der Waals surface area (Å²) in [6, 6.07) is 27.4. The second-order valence-corrected chi connectivity index (χ2v) is 4.70. The molecule has 0 radical (unpaired) electrons. The first kappa shape index (κ1) is 13.8. The van der Waals surface area contributed by atoms with Crippen LogP contribution in [0.5, 0.6) is 0 Å².